The summed E-state index contributed by atoms with van der Waals surface area (Å²) in [6.45, 7) is 0.716. The van der Waals surface area contributed by atoms with Gasteiger partial charge in [0.2, 0.25) is 5.91 Å². The van der Waals surface area contributed by atoms with Crippen molar-refractivity contribution in [3.05, 3.63) is 52.6 Å². The number of hydrogen-bond donors (Lipinski definition) is 2. The Balaban J connectivity index is 0.00000192. The van der Waals surface area contributed by atoms with Crippen LogP contribution >= 0.6 is 24.0 Å². The second kappa shape index (κ2) is 8.37. The third-order valence-corrected chi connectivity index (χ3v) is 4.47. The van der Waals surface area contributed by atoms with E-state index in [2.05, 4.69) is 15.3 Å². The van der Waals surface area contributed by atoms with Crippen LogP contribution in [0.2, 0.25) is 5.02 Å². The fourth-order valence-electron chi connectivity index (χ4n) is 2.92. The van der Waals surface area contributed by atoms with Crippen molar-refractivity contribution in [2.75, 3.05) is 6.54 Å². The molecule has 3 rings (SSSR count). The average molecular weight is 358 g/mol. The fourth-order valence-corrected chi connectivity index (χ4v) is 3.05. The lowest BCUT2D eigenvalue weighted by Crippen LogP contribution is -2.34. The molecule has 1 atom stereocenters. The topological polar surface area (TPSA) is 57.8 Å². The number of halogens is 2. The molecule has 1 aromatic carbocycles. The number of amides is 1. The third kappa shape index (κ3) is 4.72. The molecule has 1 amide bonds. The maximum atomic E-state index is 12.2. The number of carbonyl (C=O) groups is 1. The molecule has 2 aromatic rings. The molecule has 0 spiro atoms. The van der Waals surface area contributed by atoms with E-state index in [9.17, 15) is 4.79 Å². The van der Waals surface area contributed by atoms with Crippen molar-refractivity contribution in [3.8, 4) is 0 Å². The van der Waals surface area contributed by atoms with Crippen LogP contribution < -0.4 is 5.32 Å². The maximum Gasteiger partial charge on any atom is 0.223 e. The predicted molar refractivity (Wildman–Crippen MR) is 98.4 cm³/mol. The summed E-state index contributed by atoms with van der Waals surface area (Å²) in [7, 11) is 0. The molecule has 0 saturated carbocycles. The summed E-state index contributed by atoms with van der Waals surface area (Å²) in [5.41, 5.74) is 3.48. The number of nitrogens with zero attached hydrogens (tertiary/aromatic N) is 1. The van der Waals surface area contributed by atoms with E-state index in [1.165, 1.54) is 5.56 Å². The Hall–Kier alpha value is -1.52. The van der Waals surface area contributed by atoms with E-state index in [1.54, 1.807) is 6.33 Å². The molecule has 0 fully saturated rings. The minimum absolute atomic E-state index is 0. The molecule has 1 aliphatic rings. The minimum Gasteiger partial charge on any atom is -0.356 e. The van der Waals surface area contributed by atoms with Crippen molar-refractivity contribution in [2.45, 2.75) is 32.1 Å². The van der Waals surface area contributed by atoms with E-state index in [1.807, 2.05) is 24.3 Å². The largest absolute Gasteiger partial charge is 0.356 e. The first-order chi connectivity index (χ1) is 10.7. The zero-order valence-corrected chi connectivity index (χ0v) is 14.4. The molecule has 2 N–H and O–H groups in total. The number of nitrogens with one attached hydrogen (secondary N) is 2. The quantitative estimate of drug-likeness (QED) is 0.798. The Labute approximate surface area is 150 Å². The highest BCUT2D eigenvalue weighted by Crippen LogP contribution is 2.22. The van der Waals surface area contributed by atoms with Gasteiger partial charge in [-0.2, -0.15) is 0 Å². The summed E-state index contributed by atoms with van der Waals surface area (Å²) in [6.07, 6.45) is 6.17. The molecule has 128 valence electrons. The monoisotopic (exact) mass is 357 g/mol. The Morgan fingerprint density at radius 1 is 1.39 bits per heavy atom. The maximum absolute atomic E-state index is 12.2. The van der Waals surface area contributed by atoms with Crippen molar-refractivity contribution in [1.29, 1.82) is 0 Å². The first-order valence-corrected chi connectivity index (χ1v) is 8.13. The number of rotatable bonds is 5. The van der Waals surface area contributed by atoms with Gasteiger partial charge in [0.05, 0.1) is 12.0 Å². The highest BCUT2D eigenvalue weighted by atomic mass is 35.5. The van der Waals surface area contributed by atoms with Gasteiger partial charge in [0, 0.05) is 32.5 Å². The smallest absolute Gasteiger partial charge is 0.223 e. The highest BCUT2D eigenvalue weighted by molar-refractivity contribution is 6.30. The molecule has 0 bridgehead atoms. The van der Waals surface area contributed by atoms with Crippen molar-refractivity contribution in [3.63, 3.8) is 0 Å². The zero-order valence-electron chi connectivity index (χ0n) is 12.8. The first-order valence-electron chi connectivity index (χ1n) is 7.75. The summed E-state index contributed by atoms with van der Waals surface area (Å²) in [4.78, 5) is 19.6. The molecule has 6 heteroatoms. The number of benzene rings is 1. The van der Waals surface area contributed by atoms with Gasteiger partial charge >= 0.3 is 0 Å². The molecule has 1 unspecified atom stereocenters. The second-order valence-electron chi connectivity index (χ2n) is 5.79. The van der Waals surface area contributed by atoms with Gasteiger partial charge < -0.3 is 10.3 Å². The van der Waals surface area contributed by atoms with Gasteiger partial charge in [0.25, 0.3) is 0 Å². The number of imidazole rings is 1. The van der Waals surface area contributed by atoms with E-state index < -0.39 is 0 Å². The second-order valence-corrected chi connectivity index (χ2v) is 6.22. The van der Waals surface area contributed by atoms with E-state index in [0.717, 1.165) is 48.5 Å². The van der Waals surface area contributed by atoms with E-state index in [4.69, 9.17) is 11.6 Å². The van der Waals surface area contributed by atoms with Gasteiger partial charge in [-0.15, -0.1) is 12.4 Å². The fraction of sp³-hybridized carbons (Fsp3) is 0.412. The van der Waals surface area contributed by atoms with Gasteiger partial charge in [-0.05, 0) is 43.4 Å². The van der Waals surface area contributed by atoms with Crippen LogP contribution in [0.5, 0.6) is 0 Å². The summed E-state index contributed by atoms with van der Waals surface area (Å²) < 4.78 is 0. The number of aromatic nitrogens is 2. The zero-order chi connectivity index (χ0) is 15.4. The summed E-state index contributed by atoms with van der Waals surface area (Å²) in [5.74, 6) is 0.236. The lowest BCUT2D eigenvalue weighted by atomic mass is 9.89. The van der Waals surface area contributed by atoms with Crippen molar-refractivity contribution in [2.24, 2.45) is 5.92 Å². The molecule has 0 aliphatic heterocycles. The van der Waals surface area contributed by atoms with Crippen molar-refractivity contribution in [1.82, 2.24) is 15.3 Å². The molecule has 23 heavy (non-hydrogen) atoms. The Kier molecular flexibility index (Phi) is 6.48. The molecule has 1 heterocycles. The average Bonchev–Trinajstić information content (AvgIpc) is 3.00. The molecule has 0 saturated heterocycles. The van der Waals surface area contributed by atoms with Crippen molar-refractivity contribution >= 4 is 29.9 Å². The minimum atomic E-state index is 0. The lowest BCUT2D eigenvalue weighted by Gasteiger charge is -2.20. The van der Waals surface area contributed by atoms with Crippen LogP contribution in [-0.4, -0.2) is 22.4 Å². The third-order valence-electron chi connectivity index (χ3n) is 4.21. The van der Waals surface area contributed by atoms with E-state index >= 15 is 0 Å². The van der Waals surface area contributed by atoms with Gasteiger partial charge in [-0.1, -0.05) is 23.7 Å². The number of fused-ring (bicyclic) bond motifs is 1. The standard InChI is InChI=1S/C17H20ClN3O.ClH.2H2/c18-14-6-3-12(4-7-14)2-1-9-19-17(22)13-5-8-15-16(10-13)21-11-20-15;;;/h3-4,6-7,11,13H,1-2,5,8-10H2,(H,19,22)(H,20,21);3*1H. The van der Waals surface area contributed by atoms with Gasteiger partial charge in [0.15, 0.2) is 0 Å². The number of H-pyrrole nitrogens is 1. The SMILES string of the molecule is Cl.O=C(NCCCc1ccc(Cl)cc1)C1CCc2nc[nH]c2C1.[HH].[HH]. The Morgan fingerprint density at radius 2 is 2.17 bits per heavy atom. The van der Waals surface area contributed by atoms with Crippen LogP contribution in [0.4, 0.5) is 0 Å². The molecule has 1 aromatic heterocycles. The van der Waals surface area contributed by atoms with E-state index in [0.29, 0.717) is 6.54 Å². The van der Waals surface area contributed by atoms with Gasteiger partial charge in [-0.3, -0.25) is 4.79 Å². The predicted octanol–water partition coefficient (Wildman–Crippen LogP) is 3.83. The summed E-state index contributed by atoms with van der Waals surface area (Å²) in [5, 5.41) is 3.81. The lowest BCUT2D eigenvalue weighted by molar-refractivity contribution is -0.125. The molecule has 0 radical (unpaired) electrons. The number of hydrogen-bond acceptors (Lipinski definition) is 2. The highest BCUT2D eigenvalue weighted by Gasteiger charge is 2.25. The number of carbonyl (C=O) groups excluding carboxylic acids is 1. The van der Waals surface area contributed by atoms with Gasteiger partial charge in [-0.25, -0.2) is 4.98 Å². The summed E-state index contributed by atoms with van der Waals surface area (Å²) in [6, 6.07) is 7.87. The molecular formula is C17H25Cl2N3O. The van der Waals surface area contributed by atoms with Crippen molar-refractivity contribution < 1.29 is 7.65 Å². The van der Waals surface area contributed by atoms with Crippen LogP contribution in [-0.2, 0) is 24.1 Å². The van der Waals surface area contributed by atoms with Gasteiger partial charge in [0.1, 0.15) is 0 Å². The van der Waals surface area contributed by atoms with Crippen LogP contribution in [0, 0.1) is 5.92 Å². The molecule has 4 nitrogen and oxygen atoms in total. The van der Waals surface area contributed by atoms with Crippen LogP contribution in [0.25, 0.3) is 0 Å². The molecule has 1 aliphatic carbocycles. The Morgan fingerprint density at radius 3 is 2.96 bits per heavy atom. The number of aryl methyl sites for hydroxylation is 2. The van der Waals surface area contributed by atoms with Crippen LogP contribution in [0.1, 0.15) is 32.6 Å². The Bertz CT molecular complexity index is 650. The summed E-state index contributed by atoms with van der Waals surface area (Å²) >= 11 is 5.86. The number of aromatic amines is 1. The van der Waals surface area contributed by atoms with E-state index in [-0.39, 0.29) is 27.1 Å². The normalized spacial score (nSPS) is 16.3. The van der Waals surface area contributed by atoms with Crippen LogP contribution in [0.3, 0.4) is 0 Å². The molecular weight excluding hydrogens is 333 g/mol. The van der Waals surface area contributed by atoms with Crippen LogP contribution in [0.15, 0.2) is 30.6 Å². The first kappa shape index (κ1) is 17.8.